The van der Waals surface area contributed by atoms with Crippen LogP contribution in [-0.2, 0) is 14.3 Å². The molecule has 3 heterocycles. The third-order valence-electron chi connectivity index (χ3n) is 5.17. The lowest BCUT2D eigenvalue weighted by Gasteiger charge is -2.32. The van der Waals surface area contributed by atoms with Crippen LogP contribution in [0.3, 0.4) is 0 Å². The van der Waals surface area contributed by atoms with Crippen LogP contribution in [0.1, 0.15) is 6.42 Å². The lowest BCUT2D eigenvalue weighted by atomic mass is 9.74. The molecule has 5 atom stereocenters. The zero-order valence-corrected chi connectivity index (χ0v) is 13.5. The van der Waals surface area contributed by atoms with E-state index >= 15 is 0 Å². The zero-order chi connectivity index (χ0) is 17.1. The predicted octanol–water partition coefficient (Wildman–Crippen LogP) is 1.32. The van der Waals surface area contributed by atoms with Crippen molar-refractivity contribution in [1.29, 1.82) is 0 Å². The van der Waals surface area contributed by atoms with E-state index in [0.29, 0.717) is 17.1 Å². The van der Waals surface area contributed by atoms with Crippen molar-refractivity contribution in [2.75, 3.05) is 4.90 Å². The van der Waals surface area contributed by atoms with E-state index in [1.54, 1.807) is 41.3 Å². The van der Waals surface area contributed by atoms with E-state index in [2.05, 4.69) is 6.58 Å². The van der Waals surface area contributed by atoms with Crippen molar-refractivity contribution in [3.63, 3.8) is 0 Å². The summed E-state index contributed by atoms with van der Waals surface area (Å²) in [6.45, 7) is 3.77. The first-order valence-corrected chi connectivity index (χ1v) is 8.15. The number of hydrogen-bond donors (Lipinski definition) is 0. The highest BCUT2D eigenvalue weighted by atomic mass is 35.5. The molecule has 1 spiro atoms. The first-order chi connectivity index (χ1) is 11.5. The summed E-state index contributed by atoms with van der Waals surface area (Å²) in [5, 5.41) is 12.1. The van der Waals surface area contributed by atoms with Gasteiger partial charge in [0, 0.05) is 22.6 Å². The number of carboxylic acid groups (broad SMARTS) is 1. The molecular weight excluding hydrogens is 330 g/mol. The predicted molar refractivity (Wildman–Crippen MR) is 86.3 cm³/mol. The molecule has 5 nitrogen and oxygen atoms in total. The smallest absolute Gasteiger partial charge is 0.234 e. The van der Waals surface area contributed by atoms with E-state index < -0.39 is 29.5 Å². The van der Waals surface area contributed by atoms with E-state index in [4.69, 9.17) is 16.3 Å². The fourth-order valence-electron chi connectivity index (χ4n) is 4.30. The molecule has 0 unspecified atom stereocenters. The van der Waals surface area contributed by atoms with Gasteiger partial charge in [-0.3, -0.25) is 4.79 Å². The van der Waals surface area contributed by atoms with Crippen LogP contribution < -0.4 is 10.0 Å². The van der Waals surface area contributed by atoms with Crippen LogP contribution >= 0.6 is 11.6 Å². The van der Waals surface area contributed by atoms with E-state index in [0.717, 1.165) is 0 Å². The molecule has 4 rings (SSSR count). The normalized spacial score (nSPS) is 36.2. The molecule has 0 aliphatic carbocycles. The third kappa shape index (κ3) is 1.85. The zero-order valence-electron chi connectivity index (χ0n) is 12.7. The van der Waals surface area contributed by atoms with Crippen molar-refractivity contribution in [3.05, 3.63) is 54.1 Å². The minimum atomic E-state index is -1.25. The lowest BCUT2D eigenvalue weighted by molar-refractivity contribution is -0.313. The molecule has 0 N–H and O–H groups in total. The molecule has 1 amide bonds. The van der Waals surface area contributed by atoms with E-state index in [9.17, 15) is 14.7 Å². The summed E-state index contributed by atoms with van der Waals surface area (Å²) in [5.74, 6) is -3.29. The molecule has 3 aliphatic heterocycles. The Morgan fingerprint density at radius 3 is 2.96 bits per heavy atom. The SMILES string of the molecule is C=CC[C@@H]1N(c2cccc(Cl)c2)C(=O)[C@H]2[C@@H](C(=O)[O-])[C@H]3C=C[C@@]12O3. The van der Waals surface area contributed by atoms with Crippen LogP contribution in [0.5, 0.6) is 0 Å². The quantitative estimate of drug-likeness (QED) is 0.772. The first kappa shape index (κ1) is 15.4. The Balaban J connectivity index is 1.85. The van der Waals surface area contributed by atoms with Gasteiger partial charge in [0.05, 0.1) is 18.1 Å². The first-order valence-electron chi connectivity index (χ1n) is 7.77. The third-order valence-corrected chi connectivity index (χ3v) is 5.41. The Labute approximate surface area is 144 Å². The molecule has 3 aliphatic rings. The number of nitrogens with zero attached hydrogens (tertiary/aromatic N) is 1. The van der Waals surface area contributed by atoms with E-state index in [1.807, 2.05) is 6.08 Å². The fourth-order valence-corrected chi connectivity index (χ4v) is 4.48. The maximum atomic E-state index is 13.1. The minimum absolute atomic E-state index is 0.273. The summed E-state index contributed by atoms with van der Waals surface area (Å²) in [6.07, 6.45) is 5.13. The number of amides is 1. The summed E-state index contributed by atoms with van der Waals surface area (Å²) >= 11 is 6.06. The second kappa shape index (κ2) is 5.19. The molecule has 2 fully saturated rings. The van der Waals surface area contributed by atoms with Gasteiger partial charge in [-0.15, -0.1) is 6.58 Å². The maximum absolute atomic E-state index is 13.1. The molecule has 2 bridgehead atoms. The van der Waals surface area contributed by atoms with Crippen molar-refractivity contribution < 1.29 is 19.4 Å². The van der Waals surface area contributed by atoms with Gasteiger partial charge in [-0.25, -0.2) is 0 Å². The Morgan fingerprint density at radius 1 is 1.50 bits per heavy atom. The summed E-state index contributed by atoms with van der Waals surface area (Å²) in [5.41, 5.74) is -0.330. The van der Waals surface area contributed by atoms with Crippen LogP contribution in [0.4, 0.5) is 5.69 Å². The van der Waals surface area contributed by atoms with Gasteiger partial charge in [0.1, 0.15) is 5.60 Å². The molecule has 6 heteroatoms. The van der Waals surface area contributed by atoms with Crippen LogP contribution in [-0.4, -0.2) is 29.6 Å². The molecule has 1 aromatic carbocycles. The van der Waals surface area contributed by atoms with Gasteiger partial charge in [0.2, 0.25) is 5.91 Å². The molecule has 1 aromatic rings. The number of carboxylic acids is 1. The van der Waals surface area contributed by atoms with Gasteiger partial charge < -0.3 is 19.5 Å². The van der Waals surface area contributed by atoms with Crippen molar-refractivity contribution in [2.45, 2.75) is 24.2 Å². The van der Waals surface area contributed by atoms with E-state index in [-0.39, 0.29) is 11.9 Å². The Bertz CT molecular complexity index is 776. The van der Waals surface area contributed by atoms with Gasteiger partial charge in [-0.1, -0.05) is 35.9 Å². The van der Waals surface area contributed by atoms with Crippen molar-refractivity contribution in [3.8, 4) is 0 Å². The number of halogens is 1. The van der Waals surface area contributed by atoms with Gasteiger partial charge >= 0.3 is 0 Å². The number of carbonyl (C=O) groups is 2. The summed E-state index contributed by atoms with van der Waals surface area (Å²) in [4.78, 5) is 26.3. The van der Waals surface area contributed by atoms with Gasteiger partial charge in [-0.05, 0) is 24.6 Å². The number of fused-ring (bicyclic) bond motifs is 1. The fraction of sp³-hybridized carbons (Fsp3) is 0.333. The molecule has 0 aromatic heterocycles. The average molecular weight is 345 g/mol. The number of rotatable bonds is 4. The summed E-state index contributed by atoms with van der Waals surface area (Å²) in [6, 6.07) is 6.58. The van der Waals surface area contributed by atoms with Crippen molar-refractivity contribution in [1.82, 2.24) is 0 Å². The second-order valence-electron chi connectivity index (χ2n) is 6.35. The van der Waals surface area contributed by atoms with Crippen LogP contribution in [0.15, 0.2) is 49.1 Å². The van der Waals surface area contributed by atoms with Crippen LogP contribution in [0.25, 0.3) is 0 Å². The van der Waals surface area contributed by atoms with Crippen LogP contribution in [0.2, 0.25) is 5.02 Å². The molecule has 2 saturated heterocycles. The largest absolute Gasteiger partial charge is 0.550 e. The minimum Gasteiger partial charge on any atom is -0.550 e. The van der Waals surface area contributed by atoms with Crippen LogP contribution in [0, 0.1) is 11.8 Å². The van der Waals surface area contributed by atoms with Crippen molar-refractivity contribution >= 4 is 29.2 Å². The molecule has 0 radical (unpaired) electrons. The molecular formula is C18H15ClNO4-. The highest BCUT2D eigenvalue weighted by Gasteiger charge is 2.69. The average Bonchev–Trinajstić information content (AvgIpc) is 3.17. The number of hydrogen-bond acceptors (Lipinski definition) is 4. The number of ether oxygens (including phenoxy) is 1. The second-order valence-corrected chi connectivity index (χ2v) is 6.78. The number of carbonyl (C=O) groups excluding carboxylic acids is 2. The monoisotopic (exact) mass is 344 g/mol. The van der Waals surface area contributed by atoms with Crippen molar-refractivity contribution in [2.24, 2.45) is 11.8 Å². The summed E-state index contributed by atoms with van der Waals surface area (Å²) in [7, 11) is 0. The topological polar surface area (TPSA) is 69.7 Å². The lowest BCUT2D eigenvalue weighted by Crippen LogP contribution is -2.46. The maximum Gasteiger partial charge on any atom is 0.234 e. The molecule has 124 valence electrons. The highest BCUT2D eigenvalue weighted by Crippen LogP contribution is 2.56. The number of anilines is 1. The van der Waals surface area contributed by atoms with E-state index in [1.165, 1.54) is 0 Å². The highest BCUT2D eigenvalue weighted by molar-refractivity contribution is 6.31. The standard InChI is InChI=1S/C18H16ClNO4/c1-2-4-13-18-8-7-12(24-18)14(17(22)23)15(18)16(21)20(13)11-6-3-5-10(19)9-11/h2-3,5-9,12-15H,1,4H2,(H,22,23)/p-1/t12-,13+,14+,15-,18-/m1/s1. The molecule has 0 saturated carbocycles. The van der Waals surface area contributed by atoms with Gasteiger partial charge in [0.25, 0.3) is 0 Å². The van der Waals surface area contributed by atoms with Gasteiger partial charge in [-0.2, -0.15) is 0 Å². The Hall–Kier alpha value is -2.11. The summed E-state index contributed by atoms with van der Waals surface area (Å²) < 4.78 is 6.00. The Morgan fingerprint density at radius 2 is 2.29 bits per heavy atom. The number of aliphatic carboxylic acids is 1. The van der Waals surface area contributed by atoms with Gasteiger partial charge in [0.15, 0.2) is 0 Å². The Kier molecular flexibility index (Phi) is 3.34. The number of benzene rings is 1. The molecule has 24 heavy (non-hydrogen) atoms.